The molecule has 3 N–H and O–H groups in total. The Morgan fingerprint density at radius 3 is 3.17 bits per heavy atom. The van der Waals surface area contributed by atoms with Crippen LogP contribution in [0, 0.1) is 17.2 Å². The van der Waals surface area contributed by atoms with E-state index in [0.29, 0.717) is 13.0 Å². The largest absolute Gasteiger partial charge is 0.338 e. The van der Waals surface area contributed by atoms with Crippen LogP contribution in [0.5, 0.6) is 0 Å². The standard InChI is InChI=1S/C12H13BrN4O/c13-10-3-1-2-8(4-10)5-11(18)16-12-9(6-14)7-15-17-12/h1-4,9,12,15,17H,5,7H2,(H,16,18). The van der Waals surface area contributed by atoms with E-state index in [2.05, 4.69) is 38.2 Å². The fraction of sp³-hybridized carbons (Fsp3) is 0.333. The van der Waals surface area contributed by atoms with Crippen LogP contribution in [0.15, 0.2) is 28.7 Å². The highest BCUT2D eigenvalue weighted by Crippen LogP contribution is 2.12. The topological polar surface area (TPSA) is 77.0 Å². The lowest BCUT2D eigenvalue weighted by atomic mass is 10.1. The summed E-state index contributed by atoms with van der Waals surface area (Å²) in [5, 5.41) is 11.7. The molecule has 94 valence electrons. The Hall–Kier alpha value is -1.42. The Morgan fingerprint density at radius 2 is 2.44 bits per heavy atom. The van der Waals surface area contributed by atoms with Crippen molar-refractivity contribution in [3.05, 3.63) is 34.3 Å². The molecule has 0 spiro atoms. The van der Waals surface area contributed by atoms with Gasteiger partial charge in [-0.15, -0.1) is 0 Å². The maximum atomic E-state index is 11.8. The summed E-state index contributed by atoms with van der Waals surface area (Å²) < 4.78 is 0.948. The Labute approximate surface area is 114 Å². The van der Waals surface area contributed by atoms with Crippen LogP contribution < -0.4 is 16.2 Å². The summed E-state index contributed by atoms with van der Waals surface area (Å²) in [6.07, 6.45) is -0.0230. The second-order valence-corrected chi connectivity index (χ2v) is 5.03. The molecule has 0 saturated carbocycles. The summed E-state index contributed by atoms with van der Waals surface area (Å²) in [6.45, 7) is 0.540. The zero-order valence-electron chi connectivity index (χ0n) is 9.61. The number of hydrogen-bond acceptors (Lipinski definition) is 4. The average Bonchev–Trinajstić information content (AvgIpc) is 2.76. The molecule has 1 aromatic carbocycles. The van der Waals surface area contributed by atoms with Crippen molar-refractivity contribution in [1.29, 1.82) is 5.26 Å². The number of carbonyl (C=O) groups excluding carboxylic acids is 1. The number of rotatable bonds is 3. The molecule has 2 atom stereocenters. The van der Waals surface area contributed by atoms with E-state index in [1.807, 2.05) is 24.3 Å². The highest BCUT2D eigenvalue weighted by molar-refractivity contribution is 9.10. The quantitative estimate of drug-likeness (QED) is 0.767. The van der Waals surface area contributed by atoms with Crippen molar-refractivity contribution in [3.8, 4) is 6.07 Å². The summed E-state index contributed by atoms with van der Waals surface area (Å²) in [5.74, 6) is -0.342. The normalized spacial score (nSPS) is 22.4. The summed E-state index contributed by atoms with van der Waals surface area (Å²) in [6, 6.07) is 9.75. The maximum absolute atomic E-state index is 11.8. The van der Waals surface area contributed by atoms with E-state index >= 15 is 0 Å². The second-order valence-electron chi connectivity index (χ2n) is 4.11. The minimum Gasteiger partial charge on any atom is -0.338 e. The third-order valence-corrected chi connectivity index (χ3v) is 3.21. The molecule has 1 aliphatic rings. The molecule has 6 heteroatoms. The second kappa shape index (κ2) is 5.96. The summed E-state index contributed by atoms with van der Waals surface area (Å²) in [7, 11) is 0. The van der Waals surface area contributed by atoms with Crippen molar-refractivity contribution >= 4 is 21.8 Å². The van der Waals surface area contributed by atoms with E-state index in [4.69, 9.17) is 5.26 Å². The van der Waals surface area contributed by atoms with E-state index in [0.717, 1.165) is 10.0 Å². The SMILES string of the molecule is N#CC1CNNC1NC(=O)Cc1cccc(Br)c1. The van der Waals surface area contributed by atoms with Crippen molar-refractivity contribution < 1.29 is 4.79 Å². The van der Waals surface area contributed by atoms with Crippen molar-refractivity contribution in [2.75, 3.05) is 6.54 Å². The van der Waals surface area contributed by atoms with Crippen molar-refractivity contribution in [2.24, 2.45) is 5.92 Å². The minimum atomic E-state index is -0.324. The fourth-order valence-corrected chi connectivity index (χ4v) is 2.26. The van der Waals surface area contributed by atoms with Crippen molar-refractivity contribution in [1.82, 2.24) is 16.2 Å². The van der Waals surface area contributed by atoms with Crippen molar-refractivity contribution in [2.45, 2.75) is 12.6 Å². The van der Waals surface area contributed by atoms with Crippen molar-refractivity contribution in [3.63, 3.8) is 0 Å². The van der Waals surface area contributed by atoms with E-state index in [1.54, 1.807) is 0 Å². The molecule has 1 heterocycles. The number of nitrogens with zero attached hydrogens (tertiary/aromatic N) is 1. The third-order valence-electron chi connectivity index (χ3n) is 2.72. The molecule has 18 heavy (non-hydrogen) atoms. The third kappa shape index (κ3) is 3.29. The number of benzene rings is 1. The molecule has 2 unspecified atom stereocenters. The van der Waals surface area contributed by atoms with Crippen LogP contribution in [0.25, 0.3) is 0 Å². The van der Waals surface area contributed by atoms with E-state index in [9.17, 15) is 4.79 Å². The van der Waals surface area contributed by atoms with Gasteiger partial charge < -0.3 is 5.32 Å². The summed E-state index contributed by atoms with van der Waals surface area (Å²) >= 11 is 3.36. The number of hydrazine groups is 1. The van der Waals surface area contributed by atoms with Crippen LogP contribution in [-0.2, 0) is 11.2 Å². The number of nitriles is 1. The molecule has 0 radical (unpaired) electrons. The molecule has 1 amide bonds. The molecule has 0 aromatic heterocycles. The zero-order valence-corrected chi connectivity index (χ0v) is 11.2. The van der Waals surface area contributed by atoms with Crippen LogP contribution in [0.1, 0.15) is 5.56 Å². The Morgan fingerprint density at radius 1 is 1.61 bits per heavy atom. The zero-order chi connectivity index (χ0) is 13.0. The first-order chi connectivity index (χ1) is 8.69. The highest BCUT2D eigenvalue weighted by atomic mass is 79.9. The highest BCUT2D eigenvalue weighted by Gasteiger charge is 2.27. The minimum absolute atomic E-state index is 0.102. The van der Waals surface area contributed by atoms with Gasteiger partial charge in [0.2, 0.25) is 5.91 Å². The van der Waals surface area contributed by atoms with Gasteiger partial charge in [-0.1, -0.05) is 28.1 Å². The molecule has 0 aliphatic carbocycles. The van der Waals surface area contributed by atoms with Gasteiger partial charge in [0.05, 0.1) is 18.4 Å². The molecule has 1 aliphatic heterocycles. The van der Waals surface area contributed by atoms with Gasteiger partial charge in [-0.05, 0) is 17.7 Å². The molecule has 2 rings (SSSR count). The number of nitrogens with one attached hydrogen (secondary N) is 3. The Kier molecular flexibility index (Phi) is 4.31. The molecule has 1 fully saturated rings. The lowest BCUT2D eigenvalue weighted by Crippen LogP contribution is -2.47. The van der Waals surface area contributed by atoms with E-state index < -0.39 is 0 Å². The van der Waals surface area contributed by atoms with Gasteiger partial charge >= 0.3 is 0 Å². The van der Waals surface area contributed by atoms with Gasteiger partial charge in [-0.3, -0.25) is 10.2 Å². The van der Waals surface area contributed by atoms with Crippen LogP contribution in [0.3, 0.4) is 0 Å². The average molecular weight is 309 g/mol. The molecular formula is C12H13BrN4O. The molecule has 5 nitrogen and oxygen atoms in total. The number of amides is 1. The van der Waals surface area contributed by atoms with Gasteiger partial charge in [-0.25, -0.2) is 5.43 Å². The van der Waals surface area contributed by atoms with Crippen LogP contribution in [-0.4, -0.2) is 18.6 Å². The van der Waals surface area contributed by atoms with Gasteiger partial charge in [0.15, 0.2) is 0 Å². The lowest BCUT2D eigenvalue weighted by molar-refractivity contribution is -0.121. The van der Waals surface area contributed by atoms with Gasteiger partial charge in [0.25, 0.3) is 0 Å². The molecule has 1 aromatic rings. The monoisotopic (exact) mass is 308 g/mol. The van der Waals surface area contributed by atoms with Crippen LogP contribution in [0.4, 0.5) is 0 Å². The first-order valence-corrected chi connectivity index (χ1v) is 6.40. The molecular weight excluding hydrogens is 296 g/mol. The summed E-state index contributed by atoms with van der Waals surface area (Å²) in [5.41, 5.74) is 6.66. The fourth-order valence-electron chi connectivity index (χ4n) is 1.81. The predicted molar refractivity (Wildman–Crippen MR) is 70.0 cm³/mol. The predicted octanol–water partition coefficient (Wildman–Crippen LogP) is 0.681. The van der Waals surface area contributed by atoms with E-state index in [-0.39, 0.29) is 18.0 Å². The van der Waals surface area contributed by atoms with Crippen LogP contribution in [0.2, 0.25) is 0 Å². The summed E-state index contributed by atoms with van der Waals surface area (Å²) in [4.78, 5) is 11.8. The molecule has 0 bridgehead atoms. The maximum Gasteiger partial charge on any atom is 0.225 e. The van der Waals surface area contributed by atoms with Gasteiger partial charge in [0, 0.05) is 11.0 Å². The number of halogens is 1. The number of carbonyl (C=O) groups is 1. The first kappa shape index (κ1) is 13.0. The number of hydrogen-bond donors (Lipinski definition) is 3. The smallest absolute Gasteiger partial charge is 0.225 e. The Bertz CT molecular complexity index is 485. The Balaban J connectivity index is 1.91. The molecule has 1 saturated heterocycles. The first-order valence-electron chi connectivity index (χ1n) is 5.61. The van der Waals surface area contributed by atoms with Crippen LogP contribution >= 0.6 is 15.9 Å². The van der Waals surface area contributed by atoms with Gasteiger partial charge in [0.1, 0.15) is 6.17 Å². The lowest BCUT2D eigenvalue weighted by Gasteiger charge is -2.14. The van der Waals surface area contributed by atoms with E-state index in [1.165, 1.54) is 0 Å². The van der Waals surface area contributed by atoms with Gasteiger partial charge in [-0.2, -0.15) is 5.26 Å².